The van der Waals surface area contributed by atoms with Crippen LogP contribution in [-0.4, -0.2) is 44.3 Å². The van der Waals surface area contributed by atoms with Gasteiger partial charge >= 0.3 is 5.97 Å². The van der Waals surface area contributed by atoms with Crippen LogP contribution in [0.4, 0.5) is 11.4 Å². The van der Waals surface area contributed by atoms with E-state index in [4.69, 9.17) is 4.74 Å². The molecule has 1 aromatic rings. The summed E-state index contributed by atoms with van der Waals surface area (Å²) in [7, 11) is 2.86. The number of methoxy groups -OCH3 is 2. The van der Waals surface area contributed by atoms with Crippen molar-refractivity contribution >= 4 is 17.3 Å². The van der Waals surface area contributed by atoms with Crippen LogP contribution in [0.2, 0.25) is 0 Å². The fourth-order valence-corrected chi connectivity index (χ4v) is 2.68. The highest BCUT2D eigenvalue weighted by molar-refractivity contribution is 5.95. The van der Waals surface area contributed by atoms with Crippen molar-refractivity contribution in [2.45, 2.75) is 18.9 Å². The number of nitro groups is 1. The Balaban J connectivity index is 2.37. The number of anilines is 1. The molecule has 0 amide bonds. The van der Waals surface area contributed by atoms with Gasteiger partial charge in [0.2, 0.25) is 0 Å². The van der Waals surface area contributed by atoms with E-state index in [-0.39, 0.29) is 17.3 Å². The molecule has 1 aliphatic heterocycles. The molecule has 0 aromatic heterocycles. The second-order valence-electron chi connectivity index (χ2n) is 4.89. The van der Waals surface area contributed by atoms with E-state index < -0.39 is 10.9 Å². The van der Waals surface area contributed by atoms with Gasteiger partial charge in [-0.1, -0.05) is 0 Å². The largest absolute Gasteiger partial charge is 0.465 e. The minimum absolute atomic E-state index is 0.0249. The van der Waals surface area contributed by atoms with E-state index in [1.807, 2.05) is 0 Å². The molecule has 114 valence electrons. The zero-order chi connectivity index (χ0) is 15.4. The van der Waals surface area contributed by atoms with Crippen LogP contribution in [0, 0.1) is 10.1 Å². The van der Waals surface area contributed by atoms with Crippen LogP contribution in [-0.2, 0) is 9.47 Å². The summed E-state index contributed by atoms with van der Waals surface area (Å²) in [4.78, 5) is 24.3. The molecule has 7 nitrogen and oxygen atoms in total. The molecule has 1 heterocycles. The first-order valence-corrected chi connectivity index (χ1v) is 6.70. The van der Waals surface area contributed by atoms with E-state index in [1.165, 1.54) is 19.2 Å². The highest BCUT2D eigenvalue weighted by atomic mass is 16.6. The zero-order valence-electron chi connectivity index (χ0n) is 12.1. The lowest BCUT2D eigenvalue weighted by Crippen LogP contribution is -2.32. The molecule has 0 bridgehead atoms. The molecule has 0 spiro atoms. The molecule has 1 saturated heterocycles. The second kappa shape index (κ2) is 6.53. The lowest BCUT2D eigenvalue weighted by Gasteiger charge is -2.26. The van der Waals surface area contributed by atoms with Gasteiger partial charge in [-0.05, 0) is 25.0 Å². The average Bonchev–Trinajstić information content (AvgIpc) is 2.94. The van der Waals surface area contributed by atoms with Crippen molar-refractivity contribution in [2.75, 3.05) is 32.3 Å². The predicted octanol–water partition coefficient (Wildman–Crippen LogP) is 2.00. The minimum Gasteiger partial charge on any atom is -0.465 e. The summed E-state index contributed by atoms with van der Waals surface area (Å²) in [6.45, 7) is 1.43. The van der Waals surface area contributed by atoms with Gasteiger partial charge < -0.3 is 14.4 Å². The normalized spacial score (nSPS) is 17.8. The molecule has 7 heteroatoms. The molecular formula is C14H18N2O5. The van der Waals surface area contributed by atoms with Gasteiger partial charge in [0, 0.05) is 25.4 Å². The molecule has 0 unspecified atom stereocenters. The van der Waals surface area contributed by atoms with Crippen LogP contribution in [0.1, 0.15) is 23.2 Å². The zero-order valence-corrected chi connectivity index (χ0v) is 12.1. The molecule has 0 radical (unpaired) electrons. The summed E-state index contributed by atoms with van der Waals surface area (Å²) in [6.07, 6.45) is 2.02. The number of nitro benzene ring substituents is 1. The monoisotopic (exact) mass is 294 g/mol. The lowest BCUT2D eigenvalue weighted by atomic mass is 10.1. The number of hydrogen-bond acceptors (Lipinski definition) is 6. The molecule has 0 N–H and O–H groups in total. The van der Waals surface area contributed by atoms with Gasteiger partial charge in [-0.15, -0.1) is 0 Å². The molecule has 2 rings (SSSR count). The fourth-order valence-electron chi connectivity index (χ4n) is 2.68. The Kier molecular flexibility index (Phi) is 4.74. The summed E-state index contributed by atoms with van der Waals surface area (Å²) in [5.41, 5.74) is 0.511. The standard InChI is InChI=1S/C14H18N2O5/c1-20-9-11-4-3-7-15(11)10-5-6-13(16(18)19)12(8-10)14(17)21-2/h5-6,8,11H,3-4,7,9H2,1-2H3/t11-/m1/s1. The van der Waals surface area contributed by atoms with E-state index in [9.17, 15) is 14.9 Å². The van der Waals surface area contributed by atoms with Crippen LogP contribution in [0.3, 0.4) is 0 Å². The van der Waals surface area contributed by atoms with E-state index in [0.717, 1.165) is 25.1 Å². The van der Waals surface area contributed by atoms with Gasteiger partial charge in [-0.25, -0.2) is 4.79 Å². The van der Waals surface area contributed by atoms with Crippen molar-refractivity contribution in [3.63, 3.8) is 0 Å². The number of rotatable bonds is 5. The Bertz CT molecular complexity index is 546. The Labute approximate surface area is 122 Å². The molecule has 0 saturated carbocycles. The van der Waals surface area contributed by atoms with Gasteiger partial charge in [0.15, 0.2) is 0 Å². The van der Waals surface area contributed by atoms with Crippen LogP contribution in [0.25, 0.3) is 0 Å². The minimum atomic E-state index is -0.703. The fraction of sp³-hybridized carbons (Fsp3) is 0.500. The number of carbonyl (C=O) groups is 1. The van der Waals surface area contributed by atoms with E-state index in [1.54, 1.807) is 13.2 Å². The van der Waals surface area contributed by atoms with Gasteiger partial charge in [-0.3, -0.25) is 10.1 Å². The molecule has 1 aliphatic rings. The summed E-state index contributed by atoms with van der Waals surface area (Å²) in [5, 5.41) is 11.0. The summed E-state index contributed by atoms with van der Waals surface area (Å²) in [6, 6.07) is 4.77. The molecule has 21 heavy (non-hydrogen) atoms. The number of ether oxygens (including phenoxy) is 2. The third kappa shape index (κ3) is 3.13. The molecule has 1 aromatic carbocycles. The van der Waals surface area contributed by atoms with E-state index in [0.29, 0.717) is 6.61 Å². The van der Waals surface area contributed by atoms with Crippen molar-refractivity contribution in [3.8, 4) is 0 Å². The number of carbonyl (C=O) groups excluding carboxylic acids is 1. The molecule has 0 aliphatic carbocycles. The first-order chi connectivity index (χ1) is 10.1. The number of benzene rings is 1. The molecular weight excluding hydrogens is 276 g/mol. The average molecular weight is 294 g/mol. The lowest BCUT2D eigenvalue weighted by molar-refractivity contribution is -0.385. The highest BCUT2D eigenvalue weighted by Gasteiger charge is 2.28. The van der Waals surface area contributed by atoms with Crippen molar-refractivity contribution in [3.05, 3.63) is 33.9 Å². The van der Waals surface area contributed by atoms with Crippen molar-refractivity contribution in [2.24, 2.45) is 0 Å². The number of nitrogens with zero attached hydrogens (tertiary/aromatic N) is 2. The third-order valence-electron chi connectivity index (χ3n) is 3.65. The van der Waals surface area contributed by atoms with Crippen molar-refractivity contribution in [1.29, 1.82) is 0 Å². The van der Waals surface area contributed by atoms with Gasteiger partial charge in [0.25, 0.3) is 5.69 Å². The predicted molar refractivity (Wildman–Crippen MR) is 76.7 cm³/mol. The molecule has 1 fully saturated rings. The van der Waals surface area contributed by atoms with Crippen LogP contribution < -0.4 is 4.90 Å². The third-order valence-corrected chi connectivity index (χ3v) is 3.65. The van der Waals surface area contributed by atoms with Gasteiger partial charge in [0.1, 0.15) is 5.56 Å². The Morgan fingerprint density at radius 1 is 1.48 bits per heavy atom. The Morgan fingerprint density at radius 2 is 2.24 bits per heavy atom. The Morgan fingerprint density at radius 3 is 2.86 bits per heavy atom. The number of esters is 1. The summed E-state index contributed by atoms with van der Waals surface area (Å²) >= 11 is 0. The van der Waals surface area contributed by atoms with Crippen molar-refractivity contribution in [1.82, 2.24) is 0 Å². The topological polar surface area (TPSA) is 81.9 Å². The SMILES string of the molecule is COC[C@H]1CCCN1c1ccc([N+](=O)[O-])c(C(=O)OC)c1. The quantitative estimate of drug-likeness (QED) is 0.469. The summed E-state index contributed by atoms with van der Waals surface area (Å²) in [5.74, 6) is -0.703. The van der Waals surface area contributed by atoms with Crippen molar-refractivity contribution < 1.29 is 19.2 Å². The van der Waals surface area contributed by atoms with Crippen LogP contribution >= 0.6 is 0 Å². The van der Waals surface area contributed by atoms with Gasteiger partial charge in [0.05, 0.1) is 24.7 Å². The maximum atomic E-state index is 11.7. The van der Waals surface area contributed by atoms with E-state index in [2.05, 4.69) is 9.64 Å². The van der Waals surface area contributed by atoms with E-state index >= 15 is 0 Å². The Hall–Kier alpha value is -2.15. The first kappa shape index (κ1) is 15.2. The second-order valence-corrected chi connectivity index (χ2v) is 4.89. The highest BCUT2D eigenvalue weighted by Crippen LogP contribution is 2.30. The maximum Gasteiger partial charge on any atom is 0.344 e. The smallest absolute Gasteiger partial charge is 0.344 e. The first-order valence-electron chi connectivity index (χ1n) is 6.70. The molecule has 1 atom stereocenters. The number of hydrogen-bond donors (Lipinski definition) is 0. The van der Waals surface area contributed by atoms with Crippen LogP contribution in [0.15, 0.2) is 18.2 Å². The summed E-state index contributed by atoms with van der Waals surface area (Å²) < 4.78 is 9.83. The maximum absolute atomic E-state index is 11.7. The van der Waals surface area contributed by atoms with Gasteiger partial charge in [-0.2, -0.15) is 0 Å². The van der Waals surface area contributed by atoms with Crippen LogP contribution in [0.5, 0.6) is 0 Å².